The van der Waals surface area contributed by atoms with Crippen molar-refractivity contribution < 1.29 is 13.2 Å². The highest BCUT2D eigenvalue weighted by molar-refractivity contribution is 5.26. The van der Waals surface area contributed by atoms with Crippen molar-refractivity contribution >= 4 is 0 Å². The zero-order chi connectivity index (χ0) is 15.5. The quantitative estimate of drug-likeness (QED) is 0.924. The molecule has 0 fully saturated rings. The van der Waals surface area contributed by atoms with Crippen LogP contribution in [0.15, 0.2) is 42.5 Å². The summed E-state index contributed by atoms with van der Waals surface area (Å²) in [4.78, 5) is 4.45. The monoisotopic (exact) mass is 294 g/mol. The van der Waals surface area contributed by atoms with Crippen molar-refractivity contribution in [1.29, 1.82) is 0 Å². The third kappa shape index (κ3) is 4.04. The molecule has 1 unspecified atom stereocenters. The van der Waals surface area contributed by atoms with E-state index in [1.54, 1.807) is 0 Å². The van der Waals surface area contributed by atoms with Crippen LogP contribution in [0.5, 0.6) is 0 Å². The van der Waals surface area contributed by atoms with Crippen LogP contribution in [0, 0.1) is 6.92 Å². The van der Waals surface area contributed by atoms with E-state index in [1.165, 1.54) is 12.1 Å². The van der Waals surface area contributed by atoms with E-state index in [9.17, 15) is 13.2 Å². The van der Waals surface area contributed by atoms with Crippen molar-refractivity contribution in [2.45, 2.75) is 25.6 Å². The molecule has 0 aliphatic carbocycles. The SMILES string of the molecule is CNC(Cc1ccc(C(F)(F)F)cc1)c1cccc(C)n1. The Labute approximate surface area is 122 Å². The summed E-state index contributed by atoms with van der Waals surface area (Å²) in [6, 6.07) is 11.0. The Morgan fingerprint density at radius 3 is 2.29 bits per heavy atom. The van der Waals surface area contributed by atoms with Crippen molar-refractivity contribution in [3.8, 4) is 0 Å². The molecule has 21 heavy (non-hydrogen) atoms. The first-order chi connectivity index (χ1) is 9.90. The first kappa shape index (κ1) is 15.5. The topological polar surface area (TPSA) is 24.9 Å². The minimum atomic E-state index is -4.29. The fourth-order valence-electron chi connectivity index (χ4n) is 2.18. The van der Waals surface area contributed by atoms with Gasteiger partial charge in [-0.3, -0.25) is 4.98 Å². The maximum Gasteiger partial charge on any atom is 0.416 e. The molecular weight excluding hydrogens is 277 g/mol. The van der Waals surface area contributed by atoms with Crippen LogP contribution in [0.25, 0.3) is 0 Å². The summed E-state index contributed by atoms with van der Waals surface area (Å²) >= 11 is 0. The summed E-state index contributed by atoms with van der Waals surface area (Å²) in [7, 11) is 1.82. The third-order valence-corrected chi connectivity index (χ3v) is 3.34. The standard InChI is InChI=1S/C16H17F3N2/c1-11-4-3-5-14(21-11)15(20-2)10-12-6-8-13(9-7-12)16(17,18)19/h3-9,15,20H,10H2,1-2H3. The molecule has 1 atom stereocenters. The summed E-state index contributed by atoms with van der Waals surface area (Å²) < 4.78 is 37.6. The summed E-state index contributed by atoms with van der Waals surface area (Å²) in [6.45, 7) is 1.91. The van der Waals surface area contributed by atoms with E-state index in [0.29, 0.717) is 6.42 Å². The number of aromatic nitrogens is 1. The molecule has 112 valence electrons. The highest BCUT2D eigenvalue weighted by Gasteiger charge is 2.30. The normalized spacial score (nSPS) is 13.2. The van der Waals surface area contributed by atoms with Crippen LogP contribution < -0.4 is 5.32 Å². The Kier molecular flexibility index (Phi) is 4.63. The smallest absolute Gasteiger partial charge is 0.311 e. The Morgan fingerprint density at radius 1 is 1.10 bits per heavy atom. The molecule has 0 bridgehead atoms. The van der Waals surface area contributed by atoms with E-state index < -0.39 is 11.7 Å². The second-order valence-corrected chi connectivity index (χ2v) is 4.94. The van der Waals surface area contributed by atoms with Crippen LogP contribution in [0.4, 0.5) is 13.2 Å². The highest BCUT2D eigenvalue weighted by Crippen LogP contribution is 2.29. The Bertz CT molecular complexity index is 591. The number of nitrogens with one attached hydrogen (secondary N) is 1. The average Bonchev–Trinajstić information content (AvgIpc) is 2.44. The molecule has 0 radical (unpaired) electrons. The van der Waals surface area contributed by atoms with Crippen molar-refractivity contribution in [2.24, 2.45) is 0 Å². The van der Waals surface area contributed by atoms with Gasteiger partial charge in [0.25, 0.3) is 0 Å². The number of nitrogens with zero attached hydrogens (tertiary/aromatic N) is 1. The summed E-state index contributed by atoms with van der Waals surface area (Å²) in [6.07, 6.45) is -3.70. The molecule has 0 amide bonds. The molecular formula is C16H17F3N2. The van der Waals surface area contributed by atoms with E-state index in [0.717, 1.165) is 29.1 Å². The maximum absolute atomic E-state index is 12.5. The molecule has 0 saturated carbocycles. The van der Waals surface area contributed by atoms with Gasteiger partial charge < -0.3 is 5.32 Å². The van der Waals surface area contributed by atoms with Crippen LogP contribution in [0.3, 0.4) is 0 Å². The van der Waals surface area contributed by atoms with Gasteiger partial charge in [-0.25, -0.2) is 0 Å². The van der Waals surface area contributed by atoms with E-state index in [-0.39, 0.29) is 6.04 Å². The molecule has 0 spiro atoms. The largest absolute Gasteiger partial charge is 0.416 e. The average molecular weight is 294 g/mol. The van der Waals surface area contributed by atoms with E-state index in [1.807, 2.05) is 32.2 Å². The van der Waals surface area contributed by atoms with Crippen molar-refractivity contribution in [2.75, 3.05) is 7.05 Å². The summed E-state index contributed by atoms with van der Waals surface area (Å²) in [5.74, 6) is 0. The lowest BCUT2D eigenvalue weighted by Gasteiger charge is -2.16. The molecule has 0 aliphatic rings. The number of pyridine rings is 1. The van der Waals surface area contributed by atoms with Gasteiger partial charge in [0.05, 0.1) is 17.3 Å². The molecule has 0 aliphatic heterocycles. The minimum absolute atomic E-state index is 0.0263. The van der Waals surface area contributed by atoms with Crippen molar-refractivity contribution in [3.63, 3.8) is 0 Å². The first-order valence-electron chi connectivity index (χ1n) is 6.67. The highest BCUT2D eigenvalue weighted by atomic mass is 19.4. The second-order valence-electron chi connectivity index (χ2n) is 4.94. The van der Waals surface area contributed by atoms with Gasteiger partial charge in [-0.1, -0.05) is 18.2 Å². The number of aryl methyl sites for hydroxylation is 1. The zero-order valence-corrected chi connectivity index (χ0v) is 11.9. The molecule has 2 nitrogen and oxygen atoms in total. The van der Waals surface area contributed by atoms with E-state index in [2.05, 4.69) is 10.3 Å². The molecule has 0 saturated heterocycles. The molecule has 5 heteroatoms. The van der Waals surface area contributed by atoms with Gasteiger partial charge in [-0.15, -0.1) is 0 Å². The summed E-state index contributed by atoms with van der Waals surface area (Å²) in [5, 5.41) is 3.15. The van der Waals surface area contributed by atoms with Crippen LogP contribution in [-0.2, 0) is 12.6 Å². The van der Waals surface area contributed by atoms with E-state index >= 15 is 0 Å². The van der Waals surface area contributed by atoms with Gasteiger partial charge >= 0.3 is 6.18 Å². The van der Waals surface area contributed by atoms with Gasteiger partial charge in [0.15, 0.2) is 0 Å². The van der Waals surface area contributed by atoms with Gasteiger partial charge in [-0.2, -0.15) is 13.2 Å². The fraction of sp³-hybridized carbons (Fsp3) is 0.312. The van der Waals surface area contributed by atoms with Crippen LogP contribution in [0.1, 0.15) is 28.6 Å². The molecule has 1 aromatic carbocycles. The molecule has 1 N–H and O–H groups in total. The number of rotatable bonds is 4. The first-order valence-corrected chi connectivity index (χ1v) is 6.67. The molecule has 2 aromatic rings. The Hall–Kier alpha value is -1.88. The minimum Gasteiger partial charge on any atom is -0.311 e. The predicted octanol–water partition coefficient (Wildman–Crippen LogP) is 3.91. The van der Waals surface area contributed by atoms with Gasteiger partial charge in [0, 0.05) is 5.69 Å². The Morgan fingerprint density at radius 2 is 1.76 bits per heavy atom. The number of benzene rings is 1. The lowest BCUT2D eigenvalue weighted by atomic mass is 10.0. The van der Waals surface area contributed by atoms with Gasteiger partial charge in [0.1, 0.15) is 0 Å². The predicted molar refractivity (Wildman–Crippen MR) is 75.9 cm³/mol. The number of alkyl halides is 3. The maximum atomic E-state index is 12.5. The third-order valence-electron chi connectivity index (χ3n) is 3.34. The lowest BCUT2D eigenvalue weighted by Crippen LogP contribution is -2.20. The van der Waals surface area contributed by atoms with Crippen LogP contribution >= 0.6 is 0 Å². The van der Waals surface area contributed by atoms with Crippen molar-refractivity contribution in [3.05, 3.63) is 65.0 Å². The van der Waals surface area contributed by atoms with E-state index in [4.69, 9.17) is 0 Å². The molecule has 1 heterocycles. The zero-order valence-electron chi connectivity index (χ0n) is 11.9. The second kappa shape index (κ2) is 6.26. The summed E-state index contributed by atoms with van der Waals surface area (Å²) in [5.41, 5.74) is 2.02. The Balaban J connectivity index is 2.15. The number of hydrogen-bond acceptors (Lipinski definition) is 2. The number of halogens is 3. The fourth-order valence-corrected chi connectivity index (χ4v) is 2.18. The van der Waals surface area contributed by atoms with Gasteiger partial charge in [-0.05, 0) is 50.2 Å². The van der Waals surface area contributed by atoms with Crippen LogP contribution in [0.2, 0.25) is 0 Å². The van der Waals surface area contributed by atoms with Crippen molar-refractivity contribution in [1.82, 2.24) is 10.3 Å². The van der Waals surface area contributed by atoms with Gasteiger partial charge in [0.2, 0.25) is 0 Å². The molecule has 2 rings (SSSR count). The number of hydrogen-bond donors (Lipinski definition) is 1. The molecule has 1 aromatic heterocycles. The number of likely N-dealkylation sites (N-methyl/N-ethyl adjacent to an activating group) is 1. The lowest BCUT2D eigenvalue weighted by molar-refractivity contribution is -0.137. The van der Waals surface area contributed by atoms with Crippen LogP contribution in [-0.4, -0.2) is 12.0 Å².